The number of hydrogen-bond acceptors (Lipinski definition) is 9. The molecule has 0 aliphatic heterocycles. The maximum atomic E-state index is 12.9. The van der Waals surface area contributed by atoms with E-state index in [9.17, 15) is 34.5 Å². The zero-order valence-corrected chi connectivity index (χ0v) is 21.1. The van der Waals surface area contributed by atoms with Gasteiger partial charge in [0.1, 0.15) is 23.9 Å². The molecule has 0 aromatic heterocycles. The van der Waals surface area contributed by atoms with Crippen LogP contribution in [0.5, 0.6) is 5.75 Å². The zero-order chi connectivity index (χ0) is 27.1. The molecule has 0 aliphatic carbocycles. The van der Waals surface area contributed by atoms with Gasteiger partial charge in [0.15, 0.2) is 0 Å². The highest BCUT2D eigenvalue weighted by Gasteiger charge is 2.29. The maximum absolute atomic E-state index is 12.9. The molecule has 3 amide bonds. The lowest BCUT2D eigenvalue weighted by atomic mass is 10.0. The molecule has 0 aliphatic rings. The van der Waals surface area contributed by atoms with Crippen molar-refractivity contribution in [1.82, 2.24) is 16.0 Å². The second-order valence-corrected chi connectivity index (χ2v) is 9.23. The molecule has 0 saturated carbocycles. The minimum atomic E-state index is -1.41. The van der Waals surface area contributed by atoms with Crippen LogP contribution in [0.15, 0.2) is 24.3 Å². The quantitative estimate of drug-likeness (QED) is 0.112. The van der Waals surface area contributed by atoms with Gasteiger partial charge in [0.05, 0.1) is 12.6 Å². The Labute approximate surface area is 214 Å². The number of nitrogens with one attached hydrogen (secondary N) is 3. The van der Waals surface area contributed by atoms with Gasteiger partial charge in [0.2, 0.25) is 17.7 Å². The van der Waals surface area contributed by atoms with Crippen molar-refractivity contribution in [3.8, 4) is 5.75 Å². The summed E-state index contributed by atoms with van der Waals surface area (Å²) in [5, 5.41) is 35.6. The molecule has 10 N–H and O–H groups in total. The highest BCUT2D eigenvalue weighted by Crippen LogP contribution is 2.11. The number of rotatable bonds is 17. The highest BCUT2D eigenvalue weighted by atomic mass is 32.2. The van der Waals surface area contributed by atoms with Crippen LogP contribution in [0.3, 0.4) is 0 Å². The van der Waals surface area contributed by atoms with E-state index in [0.717, 1.165) is 0 Å². The van der Waals surface area contributed by atoms with Gasteiger partial charge in [-0.25, -0.2) is 4.79 Å². The van der Waals surface area contributed by atoms with Gasteiger partial charge >= 0.3 is 5.97 Å². The summed E-state index contributed by atoms with van der Waals surface area (Å²) in [4.78, 5) is 49.5. The predicted molar refractivity (Wildman–Crippen MR) is 136 cm³/mol. The van der Waals surface area contributed by atoms with Crippen LogP contribution in [0.4, 0.5) is 0 Å². The molecule has 36 heavy (non-hydrogen) atoms. The third-order valence-corrected chi connectivity index (χ3v) is 5.99. The van der Waals surface area contributed by atoms with E-state index in [1.54, 1.807) is 18.4 Å². The highest BCUT2D eigenvalue weighted by molar-refractivity contribution is 7.98. The average Bonchev–Trinajstić information content (AvgIpc) is 2.85. The van der Waals surface area contributed by atoms with Crippen LogP contribution in [-0.2, 0) is 25.6 Å². The molecule has 1 aromatic carbocycles. The Kier molecular flexibility index (Phi) is 14.5. The van der Waals surface area contributed by atoms with Crippen molar-refractivity contribution in [3.63, 3.8) is 0 Å². The summed E-state index contributed by atoms with van der Waals surface area (Å²) in [5.74, 6) is -2.82. The molecule has 202 valence electrons. The molecular weight excluding hydrogens is 490 g/mol. The molecule has 0 fully saturated rings. The van der Waals surface area contributed by atoms with Gasteiger partial charge in [-0.2, -0.15) is 11.8 Å². The first-order chi connectivity index (χ1) is 17.1. The molecule has 0 bridgehead atoms. The second kappa shape index (κ2) is 16.7. The Balaban J connectivity index is 2.84. The smallest absolute Gasteiger partial charge is 0.326 e. The topological polar surface area (TPSA) is 217 Å². The number of aliphatic hydroxyl groups is 1. The van der Waals surface area contributed by atoms with Crippen LogP contribution < -0.4 is 27.4 Å². The van der Waals surface area contributed by atoms with E-state index in [1.807, 2.05) is 0 Å². The van der Waals surface area contributed by atoms with E-state index in [2.05, 4.69) is 16.0 Å². The molecule has 1 rings (SSSR count). The maximum Gasteiger partial charge on any atom is 0.326 e. The number of phenolic OH excluding ortho intramolecular Hbond substituents is 1. The summed E-state index contributed by atoms with van der Waals surface area (Å²) in [6.45, 7) is -0.382. The minimum absolute atomic E-state index is 0.0785. The van der Waals surface area contributed by atoms with Crippen molar-refractivity contribution in [2.75, 3.05) is 25.2 Å². The average molecular weight is 528 g/mol. The Morgan fingerprint density at radius 2 is 1.50 bits per heavy atom. The van der Waals surface area contributed by atoms with E-state index in [-0.39, 0.29) is 25.0 Å². The van der Waals surface area contributed by atoms with Crippen LogP contribution >= 0.6 is 11.8 Å². The Bertz CT molecular complexity index is 856. The Morgan fingerprint density at radius 1 is 0.917 bits per heavy atom. The zero-order valence-electron chi connectivity index (χ0n) is 20.3. The molecular formula is C23H37N5O7S. The normalized spacial score (nSPS) is 14.2. The van der Waals surface area contributed by atoms with E-state index in [4.69, 9.17) is 11.5 Å². The van der Waals surface area contributed by atoms with Gasteiger partial charge in [-0.15, -0.1) is 0 Å². The van der Waals surface area contributed by atoms with E-state index >= 15 is 0 Å². The third kappa shape index (κ3) is 11.2. The van der Waals surface area contributed by atoms with Crippen LogP contribution in [-0.4, -0.2) is 88.3 Å². The summed E-state index contributed by atoms with van der Waals surface area (Å²) in [6.07, 6.45) is 3.45. The number of aromatic hydroxyl groups is 1. The fourth-order valence-electron chi connectivity index (χ4n) is 3.25. The summed E-state index contributed by atoms with van der Waals surface area (Å²) < 4.78 is 0. The summed E-state index contributed by atoms with van der Waals surface area (Å²) in [7, 11) is 0. The summed E-state index contributed by atoms with van der Waals surface area (Å²) >= 11 is 1.42. The Morgan fingerprint density at radius 3 is 2.06 bits per heavy atom. The second-order valence-electron chi connectivity index (χ2n) is 8.25. The number of amides is 3. The largest absolute Gasteiger partial charge is 0.508 e. The van der Waals surface area contributed by atoms with Crippen molar-refractivity contribution in [1.29, 1.82) is 0 Å². The van der Waals surface area contributed by atoms with Gasteiger partial charge in [-0.1, -0.05) is 12.1 Å². The van der Waals surface area contributed by atoms with Crippen molar-refractivity contribution in [2.45, 2.75) is 56.3 Å². The molecule has 4 atom stereocenters. The first-order valence-electron chi connectivity index (χ1n) is 11.6. The number of thioether (sulfide) groups is 1. The number of carbonyl (C=O) groups excluding carboxylic acids is 3. The van der Waals surface area contributed by atoms with Crippen LogP contribution in [0.25, 0.3) is 0 Å². The van der Waals surface area contributed by atoms with Crippen molar-refractivity contribution < 1.29 is 34.5 Å². The number of aliphatic carboxylic acids is 1. The molecule has 0 saturated heterocycles. The molecule has 1 aromatic rings. The molecule has 0 spiro atoms. The number of phenols is 1. The number of benzene rings is 1. The number of unbranched alkanes of at least 4 members (excludes halogenated alkanes) is 1. The van der Waals surface area contributed by atoms with Gasteiger partial charge in [-0.05, 0) is 68.4 Å². The molecule has 0 heterocycles. The minimum Gasteiger partial charge on any atom is -0.508 e. The predicted octanol–water partition coefficient (Wildman–Crippen LogP) is -1.32. The summed E-state index contributed by atoms with van der Waals surface area (Å²) in [5.41, 5.74) is 12.2. The van der Waals surface area contributed by atoms with Gasteiger partial charge < -0.3 is 42.7 Å². The van der Waals surface area contributed by atoms with Crippen molar-refractivity contribution in [2.24, 2.45) is 11.5 Å². The fourth-order valence-corrected chi connectivity index (χ4v) is 3.72. The van der Waals surface area contributed by atoms with Crippen molar-refractivity contribution >= 4 is 35.5 Å². The third-order valence-electron chi connectivity index (χ3n) is 5.35. The standard InChI is InChI=1S/C23H37N5O7S/c1-36-11-9-18(23(34)35)27-22(33)19(13-29)28-21(32)17(4-2-3-10-24)26-20(31)16(25)12-14-5-7-15(30)8-6-14/h5-8,16-19,29-30H,2-4,9-13,24-25H2,1H3,(H,26,31)(H,27,33)(H,28,32)(H,34,35). The van der Waals surface area contributed by atoms with E-state index in [0.29, 0.717) is 30.7 Å². The Hall–Kier alpha value is -2.87. The number of hydrogen-bond donors (Lipinski definition) is 8. The number of carbonyl (C=O) groups is 4. The first-order valence-corrected chi connectivity index (χ1v) is 13.0. The molecule has 4 unspecified atom stereocenters. The van der Waals surface area contributed by atoms with Gasteiger partial charge in [0, 0.05) is 0 Å². The van der Waals surface area contributed by atoms with E-state index < -0.39 is 54.5 Å². The number of nitrogens with two attached hydrogens (primary N) is 2. The van der Waals surface area contributed by atoms with Gasteiger partial charge in [-0.3, -0.25) is 14.4 Å². The van der Waals surface area contributed by atoms with Crippen LogP contribution in [0.1, 0.15) is 31.2 Å². The van der Waals surface area contributed by atoms with Crippen molar-refractivity contribution in [3.05, 3.63) is 29.8 Å². The SMILES string of the molecule is CSCCC(NC(=O)C(CO)NC(=O)C(CCCCN)NC(=O)C(N)Cc1ccc(O)cc1)C(=O)O. The molecule has 0 radical (unpaired) electrons. The summed E-state index contributed by atoms with van der Waals surface area (Å²) in [6, 6.07) is 1.58. The van der Waals surface area contributed by atoms with E-state index in [1.165, 1.54) is 23.9 Å². The first kappa shape index (κ1) is 31.2. The lowest BCUT2D eigenvalue weighted by Crippen LogP contribution is -2.58. The fraction of sp³-hybridized carbons (Fsp3) is 0.565. The lowest BCUT2D eigenvalue weighted by molar-refractivity contribution is -0.142. The van der Waals surface area contributed by atoms with Gasteiger partial charge in [0.25, 0.3) is 0 Å². The molecule has 12 nitrogen and oxygen atoms in total. The van der Waals surface area contributed by atoms with Crippen LogP contribution in [0.2, 0.25) is 0 Å². The number of aliphatic hydroxyl groups excluding tert-OH is 1. The monoisotopic (exact) mass is 527 g/mol. The number of carboxylic acids is 1. The molecule has 13 heteroatoms. The lowest BCUT2D eigenvalue weighted by Gasteiger charge is -2.24. The van der Waals surface area contributed by atoms with Crippen LogP contribution in [0, 0.1) is 0 Å². The number of carboxylic acid groups (broad SMARTS) is 1.